The van der Waals surface area contributed by atoms with E-state index in [1.54, 1.807) is 30.3 Å². The van der Waals surface area contributed by atoms with Crippen LogP contribution in [0.2, 0.25) is 0 Å². The summed E-state index contributed by atoms with van der Waals surface area (Å²) in [6.07, 6.45) is 6.48. The number of benzene rings is 1. The first kappa shape index (κ1) is 17.3. The van der Waals surface area contributed by atoms with Crippen LogP contribution in [0, 0.1) is 0 Å². The van der Waals surface area contributed by atoms with E-state index in [1.807, 2.05) is 36.4 Å². The van der Waals surface area contributed by atoms with Gasteiger partial charge in [0.2, 0.25) is 5.95 Å². The molecule has 0 atom stereocenters. The van der Waals surface area contributed by atoms with Crippen molar-refractivity contribution in [2.24, 2.45) is 7.05 Å². The molecule has 9 nitrogen and oxygen atoms in total. The number of nitrogens with one attached hydrogen (secondary N) is 2. The molecule has 1 aromatic carbocycles. The van der Waals surface area contributed by atoms with Crippen LogP contribution in [0.4, 0.5) is 17.5 Å². The van der Waals surface area contributed by atoms with Gasteiger partial charge < -0.3 is 10.6 Å². The Morgan fingerprint density at radius 1 is 1.07 bits per heavy atom. The van der Waals surface area contributed by atoms with E-state index in [1.165, 1.54) is 12.3 Å². The zero-order valence-corrected chi connectivity index (χ0v) is 14.9. The molecule has 0 bridgehead atoms. The summed E-state index contributed by atoms with van der Waals surface area (Å²) in [4.78, 5) is 25.2. The van der Waals surface area contributed by atoms with Gasteiger partial charge in [0.05, 0.1) is 18.1 Å². The third-order valence-corrected chi connectivity index (χ3v) is 3.88. The molecule has 0 saturated carbocycles. The summed E-state index contributed by atoms with van der Waals surface area (Å²) >= 11 is 0. The molecule has 0 saturated heterocycles. The normalized spacial score (nSPS) is 10.5. The number of hydrogen-bond acceptors (Lipinski definition) is 7. The molecule has 3 heterocycles. The molecule has 4 aromatic rings. The Labute approximate surface area is 160 Å². The standard InChI is InChI=1S/C19H16N8O/c1-27-12-17(25-26-27)24-19-21-10-8-15(23-19)18(28)22-16-11-20-9-7-14(16)13-5-3-2-4-6-13/h2-12H,1H3,(H,22,28)(H,21,23,24). The first-order valence-corrected chi connectivity index (χ1v) is 8.46. The van der Waals surface area contributed by atoms with Crippen LogP contribution in [0.5, 0.6) is 0 Å². The number of rotatable bonds is 5. The molecule has 2 N–H and O–H groups in total. The molecule has 138 valence electrons. The van der Waals surface area contributed by atoms with Gasteiger partial charge in [-0.15, -0.1) is 5.10 Å². The van der Waals surface area contributed by atoms with Crippen molar-refractivity contribution in [2.75, 3.05) is 10.6 Å². The Balaban J connectivity index is 1.56. The molecule has 9 heteroatoms. The van der Waals surface area contributed by atoms with Crippen molar-refractivity contribution in [1.82, 2.24) is 29.9 Å². The monoisotopic (exact) mass is 372 g/mol. The van der Waals surface area contributed by atoms with E-state index in [0.29, 0.717) is 11.5 Å². The zero-order valence-electron chi connectivity index (χ0n) is 14.9. The molecule has 0 unspecified atom stereocenters. The highest BCUT2D eigenvalue weighted by atomic mass is 16.1. The highest BCUT2D eigenvalue weighted by Crippen LogP contribution is 2.27. The van der Waals surface area contributed by atoms with Crippen LogP contribution in [-0.2, 0) is 7.05 Å². The molecule has 4 rings (SSSR count). The average Bonchev–Trinajstić information content (AvgIpc) is 3.14. The fraction of sp³-hybridized carbons (Fsp3) is 0.0526. The minimum atomic E-state index is -0.366. The summed E-state index contributed by atoms with van der Waals surface area (Å²) in [5.74, 6) is 0.371. The van der Waals surface area contributed by atoms with E-state index in [9.17, 15) is 4.79 Å². The maximum atomic E-state index is 12.7. The second kappa shape index (κ2) is 7.62. The second-order valence-electron chi connectivity index (χ2n) is 5.91. The van der Waals surface area contributed by atoms with Gasteiger partial charge in [0.15, 0.2) is 5.82 Å². The van der Waals surface area contributed by atoms with Crippen molar-refractivity contribution in [3.8, 4) is 11.1 Å². The first-order valence-electron chi connectivity index (χ1n) is 8.46. The smallest absolute Gasteiger partial charge is 0.274 e. The Morgan fingerprint density at radius 2 is 1.93 bits per heavy atom. The molecule has 0 aliphatic heterocycles. The number of aryl methyl sites for hydroxylation is 1. The lowest BCUT2D eigenvalue weighted by Gasteiger charge is -2.11. The van der Waals surface area contributed by atoms with Crippen LogP contribution in [0.1, 0.15) is 10.5 Å². The number of anilines is 3. The third-order valence-electron chi connectivity index (χ3n) is 3.88. The molecule has 0 fully saturated rings. The van der Waals surface area contributed by atoms with Gasteiger partial charge in [-0.1, -0.05) is 35.5 Å². The summed E-state index contributed by atoms with van der Waals surface area (Å²) in [7, 11) is 1.75. The van der Waals surface area contributed by atoms with Crippen molar-refractivity contribution in [2.45, 2.75) is 0 Å². The zero-order chi connectivity index (χ0) is 19.3. The van der Waals surface area contributed by atoms with E-state index in [-0.39, 0.29) is 17.5 Å². The number of amides is 1. The van der Waals surface area contributed by atoms with Crippen molar-refractivity contribution in [1.29, 1.82) is 0 Å². The van der Waals surface area contributed by atoms with Crippen molar-refractivity contribution in [3.63, 3.8) is 0 Å². The highest BCUT2D eigenvalue weighted by Gasteiger charge is 2.13. The van der Waals surface area contributed by atoms with Crippen molar-refractivity contribution in [3.05, 3.63) is 72.9 Å². The second-order valence-corrected chi connectivity index (χ2v) is 5.91. The number of nitrogens with zero attached hydrogens (tertiary/aromatic N) is 6. The molecule has 0 spiro atoms. The van der Waals surface area contributed by atoms with Crippen molar-refractivity contribution < 1.29 is 4.79 Å². The highest BCUT2D eigenvalue weighted by molar-refractivity contribution is 6.05. The van der Waals surface area contributed by atoms with Gasteiger partial charge in [-0.05, 0) is 17.7 Å². The van der Waals surface area contributed by atoms with Crippen LogP contribution in [-0.4, -0.2) is 35.9 Å². The number of carbonyl (C=O) groups excluding carboxylic acids is 1. The lowest BCUT2D eigenvalue weighted by Crippen LogP contribution is -2.15. The number of carbonyl (C=O) groups is 1. The molecular weight excluding hydrogens is 356 g/mol. The van der Waals surface area contributed by atoms with Gasteiger partial charge in [-0.25, -0.2) is 9.97 Å². The molecule has 0 aliphatic carbocycles. The summed E-state index contributed by atoms with van der Waals surface area (Å²) < 4.78 is 1.55. The van der Waals surface area contributed by atoms with Gasteiger partial charge in [0.1, 0.15) is 5.69 Å². The van der Waals surface area contributed by atoms with Crippen LogP contribution >= 0.6 is 0 Å². The Hall–Kier alpha value is -4.14. The minimum absolute atomic E-state index is 0.212. The number of pyridine rings is 1. The Bertz CT molecular complexity index is 1110. The Morgan fingerprint density at radius 3 is 2.71 bits per heavy atom. The van der Waals surface area contributed by atoms with Crippen molar-refractivity contribution >= 4 is 23.4 Å². The summed E-state index contributed by atoms with van der Waals surface area (Å²) in [5, 5.41) is 13.5. The van der Waals surface area contributed by atoms with Gasteiger partial charge in [-0.3, -0.25) is 14.5 Å². The fourth-order valence-corrected chi connectivity index (χ4v) is 2.61. The van der Waals surface area contributed by atoms with Crippen LogP contribution in [0.25, 0.3) is 11.1 Å². The largest absolute Gasteiger partial charge is 0.319 e. The van der Waals surface area contributed by atoms with Gasteiger partial charge in [-0.2, -0.15) is 0 Å². The number of aromatic nitrogens is 6. The van der Waals surface area contributed by atoms with Gasteiger partial charge in [0, 0.05) is 25.0 Å². The van der Waals surface area contributed by atoms with E-state index in [0.717, 1.165) is 11.1 Å². The molecule has 0 radical (unpaired) electrons. The summed E-state index contributed by atoms with van der Waals surface area (Å²) in [6, 6.07) is 13.2. The molecular formula is C19H16N8O. The lowest BCUT2D eigenvalue weighted by molar-refractivity contribution is 0.102. The number of hydrogen-bond donors (Lipinski definition) is 2. The third kappa shape index (κ3) is 3.83. The van der Waals surface area contributed by atoms with Crippen LogP contribution < -0.4 is 10.6 Å². The van der Waals surface area contributed by atoms with Crippen LogP contribution in [0.15, 0.2) is 67.3 Å². The lowest BCUT2D eigenvalue weighted by atomic mass is 10.1. The predicted octanol–water partition coefficient (Wildman–Crippen LogP) is 2.66. The average molecular weight is 372 g/mol. The van der Waals surface area contributed by atoms with E-state index < -0.39 is 0 Å². The topological polar surface area (TPSA) is 111 Å². The molecule has 1 amide bonds. The summed E-state index contributed by atoms with van der Waals surface area (Å²) in [5.41, 5.74) is 2.66. The fourth-order valence-electron chi connectivity index (χ4n) is 2.61. The van der Waals surface area contributed by atoms with E-state index in [2.05, 4.69) is 35.9 Å². The predicted molar refractivity (Wildman–Crippen MR) is 104 cm³/mol. The maximum Gasteiger partial charge on any atom is 0.274 e. The quantitative estimate of drug-likeness (QED) is 0.554. The SMILES string of the molecule is Cn1cc(Nc2nccc(C(=O)Nc3cnccc3-c3ccccc3)n2)nn1. The molecule has 0 aliphatic rings. The first-order chi connectivity index (χ1) is 13.7. The van der Waals surface area contributed by atoms with Gasteiger partial charge in [0.25, 0.3) is 5.91 Å². The molecule has 3 aromatic heterocycles. The van der Waals surface area contributed by atoms with Gasteiger partial charge >= 0.3 is 0 Å². The summed E-state index contributed by atoms with van der Waals surface area (Å²) in [6.45, 7) is 0. The maximum absolute atomic E-state index is 12.7. The Kier molecular flexibility index (Phi) is 4.70. The minimum Gasteiger partial charge on any atom is -0.319 e. The molecule has 28 heavy (non-hydrogen) atoms. The van der Waals surface area contributed by atoms with E-state index in [4.69, 9.17) is 0 Å². The van der Waals surface area contributed by atoms with E-state index >= 15 is 0 Å². The van der Waals surface area contributed by atoms with Crippen LogP contribution in [0.3, 0.4) is 0 Å².